The summed E-state index contributed by atoms with van der Waals surface area (Å²) in [7, 11) is 0. The van der Waals surface area contributed by atoms with E-state index in [0.29, 0.717) is 0 Å². The zero-order valence-electron chi connectivity index (χ0n) is 25.8. The number of rotatable bonds is 4. The van der Waals surface area contributed by atoms with Crippen LogP contribution in [0.25, 0.3) is 76.1 Å². The summed E-state index contributed by atoms with van der Waals surface area (Å²) in [4.78, 5) is 5.20. The van der Waals surface area contributed by atoms with Crippen LogP contribution in [0.4, 0.5) is 0 Å². The second-order valence-electron chi connectivity index (χ2n) is 12.8. The molecule has 6 aromatic carbocycles. The van der Waals surface area contributed by atoms with Crippen molar-refractivity contribution in [2.45, 2.75) is 19.3 Å². The smallest absolute Gasteiger partial charge is 0.0715 e. The van der Waals surface area contributed by atoms with E-state index >= 15 is 0 Å². The lowest BCUT2D eigenvalue weighted by molar-refractivity contribution is 0.661. The average Bonchev–Trinajstić information content (AvgIpc) is 3.61. The standard InChI is InChI=1S/C44H31NS/c1-44(2)37-23-21-32(25-36(37)42-38(44)24-22-35-34-15-9-10-16-41(34)46-43(35)42)33-26-39(30-13-7-4-8-14-30)45-40(27-33)31-19-17-29(18-20-31)28-11-5-3-6-12-28/h3-27H,1-2H3. The molecular weight excluding hydrogens is 575 g/mol. The molecule has 0 N–H and O–H groups in total. The van der Waals surface area contributed by atoms with E-state index < -0.39 is 0 Å². The van der Waals surface area contributed by atoms with Gasteiger partial charge in [0.05, 0.1) is 11.4 Å². The molecule has 9 rings (SSSR count). The third-order valence-corrected chi connectivity index (χ3v) is 10.9. The van der Waals surface area contributed by atoms with Crippen molar-refractivity contribution in [3.05, 3.63) is 163 Å². The maximum absolute atomic E-state index is 5.20. The molecule has 0 saturated carbocycles. The van der Waals surface area contributed by atoms with Gasteiger partial charge in [-0.3, -0.25) is 0 Å². The maximum atomic E-state index is 5.20. The van der Waals surface area contributed by atoms with Gasteiger partial charge in [0, 0.05) is 42.3 Å². The Hall–Kier alpha value is -5.31. The Kier molecular flexibility index (Phi) is 6.10. The molecular formula is C44H31NS. The predicted octanol–water partition coefficient (Wildman–Crippen LogP) is 12.4. The summed E-state index contributed by atoms with van der Waals surface area (Å²) in [5, 5.41) is 2.70. The molecule has 1 aliphatic rings. The summed E-state index contributed by atoms with van der Waals surface area (Å²) in [5.41, 5.74) is 14.5. The third kappa shape index (κ3) is 4.25. The largest absolute Gasteiger partial charge is 0.248 e. The van der Waals surface area contributed by atoms with Gasteiger partial charge in [-0.15, -0.1) is 11.3 Å². The number of aromatic nitrogens is 1. The van der Waals surface area contributed by atoms with Gasteiger partial charge in [-0.05, 0) is 63.2 Å². The maximum Gasteiger partial charge on any atom is 0.0715 e. The topological polar surface area (TPSA) is 12.9 Å². The number of pyridine rings is 1. The van der Waals surface area contributed by atoms with Crippen molar-refractivity contribution >= 4 is 31.5 Å². The van der Waals surface area contributed by atoms with Gasteiger partial charge < -0.3 is 0 Å². The molecule has 8 aromatic rings. The lowest BCUT2D eigenvalue weighted by Crippen LogP contribution is -2.14. The molecule has 1 nitrogen and oxygen atoms in total. The zero-order chi connectivity index (χ0) is 30.8. The van der Waals surface area contributed by atoms with E-state index in [1.165, 1.54) is 64.7 Å². The molecule has 0 atom stereocenters. The Bertz CT molecular complexity index is 2420. The van der Waals surface area contributed by atoms with Gasteiger partial charge in [0.2, 0.25) is 0 Å². The summed E-state index contributed by atoms with van der Waals surface area (Å²) in [6.45, 7) is 4.74. The van der Waals surface area contributed by atoms with E-state index in [4.69, 9.17) is 4.98 Å². The number of fused-ring (bicyclic) bond motifs is 7. The number of thiophene rings is 1. The van der Waals surface area contributed by atoms with Crippen molar-refractivity contribution in [3.8, 4) is 55.9 Å². The van der Waals surface area contributed by atoms with Gasteiger partial charge in [0.15, 0.2) is 0 Å². The first-order chi connectivity index (χ1) is 22.5. The number of hydrogen-bond acceptors (Lipinski definition) is 2. The highest BCUT2D eigenvalue weighted by Crippen LogP contribution is 2.54. The van der Waals surface area contributed by atoms with Crippen LogP contribution in [-0.2, 0) is 5.41 Å². The summed E-state index contributed by atoms with van der Waals surface area (Å²) in [5.74, 6) is 0. The molecule has 1 aliphatic carbocycles. The molecule has 0 saturated heterocycles. The molecule has 2 heterocycles. The molecule has 0 fully saturated rings. The molecule has 46 heavy (non-hydrogen) atoms. The van der Waals surface area contributed by atoms with Crippen LogP contribution in [0.1, 0.15) is 25.0 Å². The van der Waals surface area contributed by atoms with Crippen molar-refractivity contribution in [3.63, 3.8) is 0 Å². The van der Waals surface area contributed by atoms with Gasteiger partial charge in [0.25, 0.3) is 0 Å². The van der Waals surface area contributed by atoms with Crippen molar-refractivity contribution in [2.75, 3.05) is 0 Å². The Morgan fingerprint density at radius 1 is 0.457 bits per heavy atom. The van der Waals surface area contributed by atoms with Crippen LogP contribution in [0.5, 0.6) is 0 Å². The Morgan fingerprint density at radius 2 is 1.02 bits per heavy atom. The van der Waals surface area contributed by atoms with E-state index in [1.54, 1.807) is 0 Å². The lowest BCUT2D eigenvalue weighted by atomic mass is 9.82. The summed E-state index contributed by atoms with van der Waals surface area (Å²) in [6.07, 6.45) is 0. The molecule has 2 heteroatoms. The van der Waals surface area contributed by atoms with Gasteiger partial charge in [-0.1, -0.05) is 141 Å². The van der Waals surface area contributed by atoms with Crippen LogP contribution < -0.4 is 0 Å². The minimum absolute atomic E-state index is 0.0628. The quantitative estimate of drug-likeness (QED) is 0.194. The van der Waals surface area contributed by atoms with Crippen LogP contribution in [0.2, 0.25) is 0 Å². The SMILES string of the molecule is CC1(C)c2ccc(-c3cc(-c4ccccc4)nc(-c4ccc(-c5ccccc5)cc4)c3)cc2-c2c1ccc1c2sc2ccccc21. The third-order valence-electron chi connectivity index (χ3n) is 9.70. The highest BCUT2D eigenvalue weighted by atomic mass is 32.1. The molecule has 2 aromatic heterocycles. The first-order valence-corrected chi connectivity index (χ1v) is 16.7. The van der Waals surface area contributed by atoms with Crippen molar-refractivity contribution in [1.82, 2.24) is 4.98 Å². The second kappa shape index (κ2) is 10.4. The van der Waals surface area contributed by atoms with Gasteiger partial charge in [0.1, 0.15) is 0 Å². The van der Waals surface area contributed by atoms with E-state index in [1.807, 2.05) is 11.3 Å². The van der Waals surface area contributed by atoms with Crippen LogP contribution in [0.15, 0.2) is 152 Å². The molecule has 0 radical (unpaired) electrons. The molecule has 218 valence electrons. The molecule has 0 spiro atoms. The van der Waals surface area contributed by atoms with Crippen molar-refractivity contribution in [1.29, 1.82) is 0 Å². The summed E-state index contributed by atoms with van der Waals surface area (Å²) in [6, 6.07) is 55.0. The van der Waals surface area contributed by atoms with Crippen LogP contribution in [-0.4, -0.2) is 4.98 Å². The second-order valence-corrected chi connectivity index (χ2v) is 13.8. The minimum Gasteiger partial charge on any atom is -0.248 e. The molecule has 0 bridgehead atoms. The van der Waals surface area contributed by atoms with Crippen LogP contribution in [0.3, 0.4) is 0 Å². The fourth-order valence-electron chi connectivity index (χ4n) is 7.26. The predicted molar refractivity (Wildman–Crippen MR) is 196 cm³/mol. The molecule has 0 amide bonds. The molecule has 0 unspecified atom stereocenters. The lowest BCUT2D eigenvalue weighted by Gasteiger charge is -2.21. The van der Waals surface area contributed by atoms with E-state index in [9.17, 15) is 0 Å². The van der Waals surface area contributed by atoms with Crippen molar-refractivity contribution in [2.24, 2.45) is 0 Å². The van der Waals surface area contributed by atoms with Gasteiger partial charge >= 0.3 is 0 Å². The monoisotopic (exact) mass is 605 g/mol. The zero-order valence-corrected chi connectivity index (χ0v) is 26.6. The van der Waals surface area contributed by atoms with Crippen LogP contribution in [0, 0.1) is 0 Å². The fraction of sp³-hybridized carbons (Fsp3) is 0.0682. The van der Waals surface area contributed by atoms with E-state index in [2.05, 4.69) is 166 Å². The van der Waals surface area contributed by atoms with Crippen molar-refractivity contribution < 1.29 is 0 Å². The van der Waals surface area contributed by atoms with E-state index in [0.717, 1.165) is 22.5 Å². The van der Waals surface area contributed by atoms with E-state index in [-0.39, 0.29) is 5.41 Å². The highest BCUT2D eigenvalue weighted by molar-refractivity contribution is 7.26. The summed E-state index contributed by atoms with van der Waals surface area (Å²) >= 11 is 1.92. The minimum atomic E-state index is -0.0628. The van der Waals surface area contributed by atoms with Crippen LogP contribution >= 0.6 is 11.3 Å². The first kappa shape index (κ1) is 27.0. The Labute approximate surface area is 273 Å². The Morgan fingerprint density at radius 3 is 1.76 bits per heavy atom. The summed E-state index contributed by atoms with van der Waals surface area (Å²) < 4.78 is 2.74. The fourth-order valence-corrected chi connectivity index (χ4v) is 8.53. The number of nitrogens with zero attached hydrogens (tertiary/aromatic N) is 1. The average molecular weight is 606 g/mol. The van der Waals surface area contributed by atoms with Gasteiger partial charge in [-0.2, -0.15) is 0 Å². The normalized spacial score (nSPS) is 13.2. The highest BCUT2D eigenvalue weighted by Gasteiger charge is 2.37. The van der Waals surface area contributed by atoms with Gasteiger partial charge in [-0.25, -0.2) is 4.98 Å². The number of hydrogen-bond donors (Lipinski definition) is 0. The number of benzene rings is 6. The first-order valence-electron chi connectivity index (χ1n) is 15.9. The molecule has 0 aliphatic heterocycles. The Balaban J connectivity index is 1.22.